The predicted octanol–water partition coefficient (Wildman–Crippen LogP) is 0.233. The molecule has 15 heavy (non-hydrogen) atoms. The predicted molar refractivity (Wildman–Crippen MR) is 57.6 cm³/mol. The zero-order valence-electron chi connectivity index (χ0n) is 9.37. The Balaban J connectivity index is 1.71. The smallest absolute Gasteiger partial charge is 0.222 e. The molecular formula is C11H20N2O2. The van der Waals surface area contributed by atoms with Gasteiger partial charge in [0.2, 0.25) is 5.91 Å². The molecule has 2 aliphatic rings. The van der Waals surface area contributed by atoms with Gasteiger partial charge in [0, 0.05) is 26.6 Å². The third-order valence-corrected chi connectivity index (χ3v) is 3.46. The van der Waals surface area contributed by atoms with Crippen LogP contribution in [0, 0.1) is 5.92 Å². The van der Waals surface area contributed by atoms with Crippen LogP contribution in [-0.4, -0.2) is 50.2 Å². The van der Waals surface area contributed by atoms with Gasteiger partial charge in [-0.05, 0) is 31.8 Å². The number of methoxy groups -OCH3 is 1. The molecule has 1 N–H and O–H groups in total. The van der Waals surface area contributed by atoms with Gasteiger partial charge in [0.25, 0.3) is 0 Å². The van der Waals surface area contributed by atoms with Crippen molar-refractivity contribution in [3.05, 3.63) is 0 Å². The number of piperidine rings is 1. The van der Waals surface area contributed by atoms with Crippen LogP contribution in [0.5, 0.6) is 0 Å². The summed E-state index contributed by atoms with van der Waals surface area (Å²) in [6, 6.07) is 0. The fourth-order valence-corrected chi connectivity index (χ4v) is 2.21. The number of likely N-dealkylation sites (tertiary alicyclic amines) is 1. The van der Waals surface area contributed by atoms with Crippen molar-refractivity contribution in [2.75, 3.05) is 33.3 Å². The molecule has 0 spiro atoms. The molecule has 0 aromatic heterocycles. The van der Waals surface area contributed by atoms with E-state index in [0.29, 0.717) is 17.9 Å². The van der Waals surface area contributed by atoms with Crippen LogP contribution in [0.25, 0.3) is 0 Å². The first-order valence-electron chi connectivity index (χ1n) is 5.81. The van der Waals surface area contributed by atoms with Crippen molar-refractivity contribution < 1.29 is 9.53 Å². The molecule has 2 saturated heterocycles. The number of carbonyl (C=O) groups is 1. The van der Waals surface area contributed by atoms with Crippen LogP contribution in [0.2, 0.25) is 0 Å². The molecule has 0 aliphatic carbocycles. The van der Waals surface area contributed by atoms with E-state index in [2.05, 4.69) is 5.32 Å². The molecule has 86 valence electrons. The van der Waals surface area contributed by atoms with E-state index < -0.39 is 0 Å². The minimum absolute atomic E-state index is 0.330. The zero-order chi connectivity index (χ0) is 10.7. The topological polar surface area (TPSA) is 41.6 Å². The molecule has 0 aromatic rings. The number of nitrogens with zero attached hydrogens (tertiary/aromatic N) is 1. The quantitative estimate of drug-likeness (QED) is 0.728. The van der Waals surface area contributed by atoms with E-state index in [0.717, 1.165) is 45.4 Å². The summed E-state index contributed by atoms with van der Waals surface area (Å²) >= 11 is 0. The van der Waals surface area contributed by atoms with Gasteiger partial charge in [0.1, 0.15) is 0 Å². The van der Waals surface area contributed by atoms with Gasteiger partial charge in [-0.3, -0.25) is 4.79 Å². The molecule has 0 unspecified atom stereocenters. The molecule has 1 amide bonds. The standard InChI is InChI=1S/C11H20N2O2/c1-15-10-2-4-13(5-3-10)11(14)6-9-7-12-8-9/h9-10,12H,2-8H2,1H3. The van der Waals surface area contributed by atoms with Crippen molar-refractivity contribution in [1.29, 1.82) is 0 Å². The summed E-state index contributed by atoms with van der Waals surface area (Å²) in [5.74, 6) is 0.911. The summed E-state index contributed by atoms with van der Waals surface area (Å²) in [4.78, 5) is 13.8. The Hall–Kier alpha value is -0.610. The Morgan fingerprint density at radius 3 is 2.53 bits per heavy atom. The largest absolute Gasteiger partial charge is 0.381 e. The summed E-state index contributed by atoms with van der Waals surface area (Å²) in [5, 5.41) is 3.19. The Morgan fingerprint density at radius 1 is 1.40 bits per heavy atom. The average Bonchev–Trinajstić information content (AvgIpc) is 2.23. The molecule has 2 heterocycles. The zero-order valence-corrected chi connectivity index (χ0v) is 9.37. The number of rotatable bonds is 3. The fourth-order valence-electron chi connectivity index (χ4n) is 2.21. The van der Waals surface area contributed by atoms with Crippen LogP contribution in [0.1, 0.15) is 19.3 Å². The van der Waals surface area contributed by atoms with Crippen molar-refractivity contribution >= 4 is 5.91 Å². The molecule has 0 saturated carbocycles. The van der Waals surface area contributed by atoms with Gasteiger partial charge in [0.15, 0.2) is 0 Å². The molecule has 0 radical (unpaired) electrons. The highest BCUT2D eigenvalue weighted by molar-refractivity contribution is 5.76. The lowest BCUT2D eigenvalue weighted by atomic mass is 9.98. The van der Waals surface area contributed by atoms with Crippen molar-refractivity contribution in [2.45, 2.75) is 25.4 Å². The molecular weight excluding hydrogens is 192 g/mol. The lowest BCUT2D eigenvalue weighted by molar-refractivity contribution is -0.134. The maximum atomic E-state index is 11.9. The highest BCUT2D eigenvalue weighted by Gasteiger charge is 2.26. The second-order valence-corrected chi connectivity index (χ2v) is 4.54. The van der Waals surface area contributed by atoms with Crippen molar-refractivity contribution in [3.8, 4) is 0 Å². The monoisotopic (exact) mass is 212 g/mol. The maximum Gasteiger partial charge on any atom is 0.222 e. The van der Waals surface area contributed by atoms with Crippen molar-refractivity contribution in [1.82, 2.24) is 10.2 Å². The van der Waals surface area contributed by atoms with Gasteiger partial charge in [-0.25, -0.2) is 0 Å². The first-order valence-corrected chi connectivity index (χ1v) is 5.81. The molecule has 2 fully saturated rings. The van der Waals surface area contributed by atoms with E-state index in [-0.39, 0.29) is 0 Å². The van der Waals surface area contributed by atoms with Crippen LogP contribution >= 0.6 is 0 Å². The van der Waals surface area contributed by atoms with Gasteiger partial charge in [-0.15, -0.1) is 0 Å². The van der Waals surface area contributed by atoms with Crippen LogP contribution < -0.4 is 5.32 Å². The van der Waals surface area contributed by atoms with Gasteiger partial charge in [0.05, 0.1) is 6.10 Å². The summed E-state index contributed by atoms with van der Waals surface area (Å²) in [6.45, 7) is 3.77. The first-order chi connectivity index (χ1) is 7.29. The number of hydrogen-bond acceptors (Lipinski definition) is 3. The second kappa shape index (κ2) is 4.94. The Morgan fingerprint density at radius 2 is 2.07 bits per heavy atom. The van der Waals surface area contributed by atoms with E-state index in [1.54, 1.807) is 7.11 Å². The third kappa shape index (κ3) is 2.69. The SMILES string of the molecule is COC1CCN(C(=O)CC2CNC2)CC1. The minimum atomic E-state index is 0.330. The summed E-state index contributed by atoms with van der Waals surface area (Å²) in [7, 11) is 1.75. The van der Waals surface area contributed by atoms with Gasteiger partial charge in [-0.1, -0.05) is 0 Å². The third-order valence-electron chi connectivity index (χ3n) is 3.46. The van der Waals surface area contributed by atoms with Crippen LogP contribution in [0.15, 0.2) is 0 Å². The van der Waals surface area contributed by atoms with Crippen molar-refractivity contribution in [2.24, 2.45) is 5.92 Å². The molecule has 2 rings (SSSR count). The Kier molecular flexibility index (Phi) is 3.59. The molecule has 0 aromatic carbocycles. The molecule has 0 bridgehead atoms. The summed E-state index contributed by atoms with van der Waals surface area (Å²) in [5.41, 5.74) is 0. The Bertz CT molecular complexity index is 221. The average molecular weight is 212 g/mol. The first kappa shape index (κ1) is 10.9. The van der Waals surface area contributed by atoms with Crippen LogP contribution in [-0.2, 0) is 9.53 Å². The summed E-state index contributed by atoms with van der Waals surface area (Å²) < 4.78 is 5.28. The second-order valence-electron chi connectivity index (χ2n) is 4.54. The number of ether oxygens (including phenoxy) is 1. The van der Waals surface area contributed by atoms with E-state index in [4.69, 9.17) is 4.74 Å². The number of amides is 1. The summed E-state index contributed by atoms with van der Waals surface area (Å²) in [6.07, 6.45) is 3.07. The lowest BCUT2D eigenvalue weighted by Gasteiger charge is -2.34. The van der Waals surface area contributed by atoms with E-state index >= 15 is 0 Å². The van der Waals surface area contributed by atoms with E-state index in [1.807, 2.05) is 4.90 Å². The normalized spacial score (nSPS) is 23.9. The highest BCUT2D eigenvalue weighted by Crippen LogP contribution is 2.16. The molecule has 2 aliphatic heterocycles. The molecule has 4 nitrogen and oxygen atoms in total. The number of carbonyl (C=O) groups excluding carboxylic acids is 1. The molecule has 4 heteroatoms. The van der Waals surface area contributed by atoms with Gasteiger partial charge >= 0.3 is 0 Å². The fraction of sp³-hybridized carbons (Fsp3) is 0.909. The lowest BCUT2D eigenvalue weighted by Crippen LogP contribution is -2.47. The maximum absolute atomic E-state index is 11.9. The molecule has 0 atom stereocenters. The minimum Gasteiger partial charge on any atom is -0.381 e. The van der Waals surface area contributed by atoms with Crippen LogP contribution in [0.4, 0.5) is 0 Å². The number of nitrogens with one attached hydrogen (secondary N) is 1. The van der Waals surface area contributed by atoms with Gasteiger partial charge < -0.3 is 15.0 Å². The van der Waals surface area contributed by atoms with E-state index in [1.165, 1.54) is 0 Å². The Labute approximate surface area is 91.0 Å². The number of hydrogen-bond donors (Lipinski definition) is 1. The van der Waals surface area contributed by atoms with Crippen LogP contribution in [0.3, 0.4) is 0 Å². The highest BCUT2D eigenvalue weighted by atomic mass is 16.5. The van der Waals surface area contributed by atoms with E-state index in [9.17, 15) is 4.79 Å². The van der Waals surface area contributed by atoms with Gasteiger partial charge in [-0.2, -0.15) is 0 Å². The van der Waals surface area contributed by atoms with Crippen molar-refractivity contribution in [3.63, 3.8) is 0 Å².